The lowest BCUT2D eigenvalue weighted by Crippen LogP contribution is -2.32. The minimum Gasteiger partial charge on any atom is -0.459 e. The second-order valence-electron chi connectivity index (χ2n) is 7.14. The second-order valence-corrected chi connectivity index (χ2v) is 8.42. The first-order valence-corrected chi connectivity index (χ1v) is 11.2. The molecule has 0 saturated heterocycles. The Balaban J connectivity index is 1.35. The third kappa shape index (κ3) is 6.15. The van der Waals surface area contributed by atoms with E-state index in [1.807, 2.05) is 18.2 Å². The maximum absolute atomic E-state index is 12.3. The number of amides is 1. The summed E-state index contributed by atoms with van der Waals surface area (Å²) in [6, 6.07) is 19.4. The molecule has 2 aromatic carbocycles. The summed E-state index contributed by atoms with van der Waals surface area (Å²) in [4.78, 5) is 12.3. The van der Waals surface area contributed by atoms with Crippen LogP contribution in [0, 0.1) is 0 Å². The van der Waals surface area contributed by atoms with Crippen molar-refractivity contribution in [2.24, 2.45) is 0 Å². The Bertz CT molecular complexity index is 1360. The molecule has 0 atom stereocenters. The first-order chi connectivity index (χ1) is 16.4. The summed E-state index contributed by atoms with van der Waals surface area (Å²) in [5.41, 5.74) is 2.20. The zero-order chi connectivity index (χ0) is 24.1. The molecule has 0 fully saturated rings. The minimum atomic E-state index is -0.420. The highest BCUT2D eigenvalue weighted by molar-refractivity contribution is 7.80. The van der Waals surface area contributed by atoms with Gasteiger partial charge in [-0.1, -0.05) is 35.3 Å². The normalized spacial score (nSPS) is 11.0. The molecule has 0 unspecified atom stereocenters. The number of aliphatic hydroxyl groups is 1. The molecule has 0 aliphatic rings. The van der Waals surface area contributed by atoms with Crippen LogP contribution < -0.4 is 10.6 Å². The molecule has 1 amide bonds. The predicted molar refractivity (Wildman–Crippen MR) is 138 cm³/mol. The van der Waals surface area contributed by atoms with Crippen LogP contribution in [0.1, 0.15) is 11.5 Å². The number of anilines is 1. The van der Waals surface area contributed by atoms with E-state index in [9.17, 15) is 4.79 Å². The fraction of sp³-hybridized carbons (Fsp3) is 0.0400. The van der Waals surface area contributed by atoms with Gasteiger partial charge in [0.1, 0.15) is 29.6 Å². The van der Waals surface area contributed by atoms with E-state index in [1.165, 1.54) is 12.2 Å². The Kier molecular flexibility index (Phi) is 7.49. The number of benzene rings is 2. The van der Waals surface area contributed by atoms with E-state index in [1.54, 1.807) is 48.5 Å². The van der Waals surface area contributed by atoms with Gasteiger partial charge < -0.3 is 19.3 Å². The number of hydrogen-bond acceptors (Lipinski definition) is 5. The molecule has 3 N–H and O–H groups in total. The Morgan fingerprint density at radius 3 is 2.41 bits per heavy atom. The number of halogens is 2. The van der Waals surface area contributed by atoms with Gasteiger partial charge in [-0.05, 0) is 72.9 Å². The molecule has 34 heavy (non-hydrogen) atoms. The fourth-order valence-corrected chi connectivity index (χ4v) is 3.88. The standard InChI is InChI=1S/C25H18Cl2N2O4S/c26-17-10-16(11-18(27)13-17)23-7-4-20(32-23)6-9-24(31)29-25(34)28-19-3-1-2-15(12-19)22-8-5-21(14-30)33-22/h1-13,30H,14H2,(H2,28,29,31,34)/b9-6+. The van der Waals surface area contributed by atoms with Gasteiger partial charge in [0.25, 0.3) is 0 Å². The highest BCUT2D eigenvalue weighted by atomic mass is 35.5. The quantitative estimate of drug-likeness (QED) is 0.201. The lowest BCUT2D eigenvalue weighted by molar-refractivity contribution is -0.115. The molecule has 4 rings (SSSR count). The number of carbonyl (C=O) groups excluding carboxylic acids is 1. The molecule has 0 spiro atoms. The van der Waals surface area contributed by atoms with Crippen molar-refractivity contribution in [2.75, 3.05) is 5.32 Å². The average molecular weight is 513 g/mol. The maximum Gasteiger partial charge on any atom is 0.250 e. The van der Waals surface area contributed by atoms with Crippen LogP contribution in [0.3, 0.4) is 0 Å². The van der Waals surface area contributed by atoms with Crippen molar-refractivity contribution >= 4 is 58.2 Å². The fourth-order valence-electron chi connectivity index (χ4n) is 3.14. The lowest BCUT2D eigenvalue weighted by atomic mass is 10.1. The Hall–Kier alpha value is -3.36. The lowest BCUT2D eigenvalue weighted by Gasteiger charge is -2.09. The summed E-state index contributed by atoms with van der Waals surface area (Å²) in [7, 11) is 0. The average Bonchev–Trinajstić information content (AvgIpc) is 3.47. The van der Waals surface area contributed by atoms with Crippen LogP contribution in [0.15, 0.2) is 81.6 Å². The van der Waals surface area contributed by atoms with Gasteiger partial charge in [-0.2, -0.15) is 0 Å². The monoisotopic (exact) mass is 512 g/mol. The van der Waals surface area contributed by atoms with Gasteiger partial charge >= 0.3 is 0 Å². The topological polar surface area (TPSA) is 87.6 Å². The van der Waals surface area contributed by atoms with Crippen LogP contribution in [-0.4, -0.2) is 16.1 Å². The number of aliphatic hydroxyl groups excluding tert-OH is 1. The first kappa shape index (κ1) is 23.8. The Morgan fingerprint density at radius 1 is 0.941 bits per heavy atom. The van der Waals surface area contributed by atoms with Crippen molar-refractivity contribution in [1.82, 2.24) is 5.32 Å². The zero-order valence-electron chi connectivity index (χ0n) is 17.5. The van der Waals surface area contributed by atoms with Crippen molar-refractivity contribution in [2.45, 2.75) is 6.61 Å². The third-order valence-electron chi connectivity index (χ3n) is 4.63. The van der Waals surface area contributed by atoms with Crippen molar-refractivity contribution < 1.29 is 18.7 Å². The van der Waals surface area contributed by atoms with Gasteiger partial charge in [0.15, 0.2) is 5.11 Å². The summed E-state index contributed by atoms with van der Waals surface area (Å²) in [5, 5.41) is 15.8. The van der Waals surface area contributed by atoms with Gasteiger partial charge in [-0.3, -0.25) is 10.1 Å². The molecule has 9 heteroatoms. The molecular formula is C25H18Cl2N2O4S. The molecular weight excluding hydrogens is 495 g/mol. The van der Waals surface area contributed by atoms with Gasteiger partial charge in [0.2, 0.25) is 5.91 Å². The SMILES string of the molecule is O=C(/C=C/c1ccc(-c2cc(Cl)cc(Cl)c2)o1)NC(=S)Nc1cccc(-c2ccc(CO)o2)c1. The van der Waals surface area contributed by atoms with E-state index in [0.717, 1.165) is 11.1 Å². The molecule has 2 heterocycles. The van der Waals surface area contributed by atoms with E-state index in [-0.39, 0.29) is 11.7 Å². The number of rotatable bonds is 6. The van der Waals surface area contributed by atoms with E-state index >= 15 is 0 Å². The van der Waals surface area contributed by atoms with Crippen molar-refractivity contribution in [3.8, 4) is 22.6 Å². The van der Waals surface area contributed by atoms with Crippen LogP contribution >= 0.6 is 35.4 Å². The van der Waals surface area contributed by atoms with Crippen LogP contribution in [0.4, 0.5) is 5.69 Å². The first-order valence-electron chi connectivity index (χ1n) is 10.1. The largest absolute Gasteiger partial charge is 0.459 e. The van der Waals surface area contributed by atoms with Crippen LogP contribution in [0.5, 0.6) is 0 Å². The number of nitrogens with one attached hydrogen (secondary N) is 2. The predicted octanol–water partition coefficient (Wildman–Crippen LogP) is 6.53. The molecule has 0 aliphatic carbocycles. The Labute approximate surface area is 210 Å². The van der Waals surface area contributed by atoms with Crippen molar-refractivity contribution in [3.63, 3.8) is 0 Å². The number of hydrogen-bond donors (Lipinski definition) is 3. The molecule has 2 aromatic heterocycles. The summed E-state index contributed by atoms with van der Waals surface area (Å²) < 4.78 is 11.3. The van der Waals surface area contributed by atoms with E-state index in [4.69, 9.17) is 49.4 Å². The molecule has 4 aromatic rings. The molecule has 6 nitrogen and oxygen atoms in total. The van der Waals surface area contributed by atoms with E-state index < -0.39 is 5.91 Å². The molecule has 0 saturated carbocycles. The van der Waals surface area contributed by atoms with Crippen molar-refractivity contribution in [1.29, 1.82) is 0 Å². The van der Waals surface area contributed by atoms with Gasteiger partial charge in [-0.25, -0.2) is 0 Å². The molecule has 0 radical (unpaired) electrons. The highest BCUT2D eigenvalue weighted by Crippen LogP contribution is 2.29. The summed E-state index contributed by atoms with van der Waals surface area (Å²) in [5.74, 6) is 1.72. The van der Waals surface area contributed by atoms with Crippen LogP contribution in [-0.2, 0) is 11.4 Å². The van der Waals surface area contributed by atoms with Crippen LogP contribution in [0.25, 0.3) is 28.7 Å². The highest BCUT2D eigenvalue weighted by Gasteiger charge is 2.08. The summed E-state index contributed by atoms with van der Waals surface area (Å²) >= 11 is 17.3. The second kappa shape index (κ2) is 10.7. The van der Waals surface area contributed by atoms with Crippen LogP contribution in [0.2, 0.25) is 10.0 Å². The third-order valence-corrected chi connectivity index (χ3v) is 5.27. The molecule has 172 valence electrons. The summed E-state index contributed by atoms with van der Waals surface area (Å²) in [6.45, 7) is -0.171. The smallest absolute Gasteiger partial charge is 0.250 e. The zero-order valence-corrected chi connectivity index (χ0v) is 19.9. The summed E-state index contributed by atoms with van der Waals surface area (Å²) in [6.07, 6.45) is 2.85. The number of carbonyl (C=O) groups is 1. The minimum absolute atomic E-state index is 0.135. The van der Waals surface area contributed by atoms with E-state index in [2.05, 4.69) is 10.6 Å². The van der Waals surface area contributed by atoms with Gasteiger partial charge in [0, 0.05) is 32.9 Å². The van der Waals surface area contributed by atoms with Gasteiger partial charge in [-0.15, -0.1) is 0 Å². The maximum atomic E-state index is 12.3. The Morgan fingerprint density at radius 2 is 1.68 bits per heavy atom. The van der Waals surface area contributed by atoms with Crippen molar-refractivity contribution in [3.05, 3.63) is 94.4 Å². The number of thiocarbonyl (C=S) groups is 1. The van der Waals surface area contributed by atoms with Gasteiger partial charge in [0.05, 0.1) is 0 Å². The molecule has 0 bridgehead atoms. The number of furan rings is 2. The molecule has 0 aliphatic heterocycles. The van der Waals surface area contributed by atoms with E-state index in [0.29, 0.717) is 38.8 Å².